The monoisotopic (exact) mass is 294 g/mol. The highest BCUT2D eigenvalue weighted by Gasteiger charge is 2.28. The minimum absolute atomic E-state index is 0.0209. The van der Waals surface area contributed by atoms with Gasteiger partial charge in [-0.05, 0) is 43.9 Å². The second-order valence-corrected chi connectivity index (χ2v) is 5.31. The van der Waals surface area contributed by atoms with Crippen molar-refractivity contribution in [3.05, 3.63) is 29.6 Å². The number of benzene rings is 1. The number of carbonyl (C=O) groups excluding carboxylic acids is 1. The molecule has 21 heavy (non-hydrogen) atoms. The van der Waals surface area contributed by atoms with Gasteiger partial charge in [-0.3, -0.25) is 9.59 Å². The number of amides is 1. The summed E-state index contributed by atoms with van der Waals surface area (Å²) in [4.78, 5) is 24.9. The largest absolute Gasteiger partial charge is 0.481 e. The lowest BCUT2D eigenvalue weighted by Gasteiger charge is -2.36. The van der Waals surface area contributed by atoms with E-state index in [-0.39, 0.29) is 29.6 Å². The molecule has 1 amide bonds. The average molecular weight is 294 g/mol. The molecular weight excluding hydrogens is 275 g/mol. The van der Waals surface area contributed by atoms with Crippen LogP contribution in [0.15, 0.2) is 18.2 Å². The fourth-order valence-electron chi connectivity index (χ4n) is 2.73. The predicted molar refractivity (Wildman–Crippen MR) is 76.4 cm³/mol. The molecule has 1 unspecified atom stereocenters. The van der Waals surface area contributed by atoms with Crippen molar-refractivity contribution in [1.82, 2.24) is 4.90 Å². The van der Waals surface area contributed by atoms with E-state index in [4.69, 9.17) is 10.8 Å². The molecule has 1 aromatic carbocycles. The van der Waals surface area contributed by atoms with Crippen LogP contribution in [0.2, 0.25) is 0 Å². The average Bonchev–Trinajstić information content (AvgIpc) is 2.47. The number of rotatable bonds is 4. The lowest BCUT2D eigenvalue weighted by atomic mass is 9.96. The van der Waals surface area contributed by atoms with Gasteiger partial charge in [-0.15, -0.1) is 0 Å². The fourth-order valence-corrected chi connectivity index (χ4v) is 2.73. The maximum Gasteiger partial charge on any atom is 0.303 e. The number of carbonyl (C=O) groups is 2. The molecule has 1 saturated heterocycles. The van der Waals surface area contributed by atoms with Crippen molar-refractivity contribution in [2.45, 2.75) is 38.1 Å². The Kier molecular flexibility index (Phi) is 4.77. The molecule has 0 radical (unpaired) electrons. The Morgan fingerprint density at radius 3 is 2.86 bits per heavy atom. The van der Waals surface area contributed by atoms with Gasteiger partial charge in [0.25, 0.3) is 5.91 Å². The first kappa shape index (κ1) is 15.3. The molecule has 0 spiro atoms. The molecule has 2 rings (SSSR count). The van der Waals surface area contributed by atoms with Crippen molar-refractivity contribution < 1.29 is 19.1 Å². The first-order valence-corrected chi connectivity index (χ1v) is 7.07. The van der Waals surface area contributed by atoms with E-state index >= 15 is 0 Å². The highest BCUT2D eigenvalue weighted by atomic mass is 19.1. The van der Waals surface area contributed by atoms with Crippen molar-refractivity contribution >= 4 is 17.6 Å². The van der Waals surface area contributed by atoms with Gasteiger partial charge in [-0.1, -0.05) is 0 Å². The van der Waals surface area contributed by atoms with Crippen molar-refractivity contribution in [2.24, 2.45) is 0 Å². The van der Waals surface area contributed by atoms with E-state index in [2.05, 4.69) is 0 Å². The standard InChI is InChI=1S/C15H19FN2O3/c16-10-4-6-13(17)12(9-10)15(21)18-8-2-1-3-11(18)5-7-14(19)20/h4,6,9,11H,1-3,5,7-8,17H2,(H,19,20). The van der Waals surface area contributed by atoms with Crippen molar-refractivity contribution in [1.29, 1.82) is 0 Å². The summed E-state index contributed by atoms with van der Waals surface area (Å²) >= 11 is 0. The second-order valence-electron chi connectivity index (χ2n) is 5.31. The molecule has 1 aliphatic heterocycles. The van der Waals surface area contributed by atoms with Gasteiger partial charge in [0.1, 0.15) is 5.82 Å². The molecule has 6 heteroatoms. The highest BCUT2D eigenvalue weighted by molar-refractivity contribution is 5.99. The number of nitrogens with two attached hydrogens (primary N) is 1. The van der Waals surface area contributed by atoms with Crippen LogP contribution in [-0.4, -0.2) is 34.5 Å². The van der Waals surface area contributed by atoms with E-state index in [1.54, 1.807) is 4.90 Å². The van der Waals surface area contributed by atoms with E-state index in [9.17, 15) is 14.0 Å². The summed E-state index contributed by atoms with van der Waals surface area (Å²) in [6.07, 6.45) is 3.04. The van der Waals surface area contributed by atoms with Crippen LogP contribution in [-0.2, 0) is 4.79 Å². The Hall–Kier alpha value is -2.11. The second kappa shape index (κ2) is 6.56. The minimum Gasteiger partial charge on any atom is -0.481 e. The Bertz CT molecular complexity index is 548. The Morgan fingerprint density at radius 2 is 2.14 bits per heavy atom. The van der Waals surface area contributed by atoms with Gasteiger partial charge < -0.3 is 15.7 Å². The van der Waals surface area contributed by atoms with Gasteiger partial charge in [-0.25, -0.2) is 4.39 Å². The molecule has 5 nitrogen and oxygen atoms in total. The predicted octanol–water partition coefficient (Wildman–Crippen LogP) is 2.27. The molecular formula is C15H19FN2O3. The third-order valence-corrected chi connectivity index (χ3v) is 3.83. The zero-order valence-corrected chi connectivity index (χ0v) is 11.7. The number of likely N-dealkylation sites (tertiary alicyclic amines) is 1. The molecule has 1 heterocycles. The lowest BCUT2D eigenvalue weighted by Crippen LogP contribution is -2.44. The minimum atomic E-state index is -0.877. The molecule has 1 fully saturated rings. The number of hydrogen-bond acceptors (Lipinski definition) is 3. The quantitative estimate of drug-likeness (QED) is 0.834. The van der Waals surface area contributed by atoms with Gasteiger partial charge in [0.2, 0.25) is 0 Å². The van der Waals surface area contributed by atoms with Gasteiger partial charge >= 0.3 is 5.97 Å². The first-order chi connectivity index (χ1) is 9.99. The number of halogens is 1. The maximum atomic E-state index is 13.3. The van der Waals surface area contributed by atoms with Gasteiger partial charge in [-0.2, -0.15) is 0 Å². The number of piperidine rings is 1. The Morgan fingerprint density at radius 1 is 1.38 bits per heavy atom. The summed E-state index contributed by atoms with van der Waals surface area (Å²) in [5.74, 6) is -1.70. The van der Waals surface area contributed by atoms with Crippen LogP contribution in [0.1, 0.15) is 42.5 Å². The number of hydrogen-bond donors (Lipinski definition) is 2. The van der Waals surface area contributed by atoms with Gasteiger partial charge in [0.05, 0.1) is 5.56 Å². The number of aliphatic carboxylic acids is 1. The summed E-state index contributed by atoms with van der Waals surface area (Å²) in [5.41, 5.74) is 6.15. The van der Waals surface area contributed by atoms with E-state index < -0.39 is 11.8 Å². The summed E-state index contributed by atoms with van der Waals surface area (Å²) in [7, 11) is 0. The topological polar surface area (TPSA) is 83.6 Å². The molecule has 114 valence electrons. The van der Waals surface area contributed by atoms with Crippen LogP contribution < -0.4 is 5.73 Å². The smallest absolute Gasteiger partial charge is 0.303 e. The van der Waals surface area contributed by atoms with Crippen LogP contribution in [0, 0.1) is 5.82 Å². The maximum absolute atomic E-state index is 13.3. The molecule has 3 N–H and O–H groups in total. The van der Waals surface area contributed by atoms with Crippen molar-refractivity contribution in [3.63, 3.8) is 0 Å². The lowest BCUT2D eigenvalue weighted by molar-refractivity contribution is -0.137. The fraction of sp³-hybridized carbons (Fsp3) is 0.467. The van der Waals surface area contributed by atoms with Gasteiger partial charge in [0, 0.05) is 24.7 Å². The van der Waals surface area contributed by atoms with E-state index in [0.29, 0.717) is 13.0 Å². The molecule has 0 aromatic heterocycles. The van der Waals surface area contributed by atoms with Gasteiger partial charge in [0.15, 0.2) is 0 Å². The number of nitrogen functional groups attached to an aromatic ring is 1. The molecule has 1 atom stereocenters. The summed E-state index contributed by atoms with van der Waals surface area (Å²) in [6.45, 7) is 0.555. The molecule has 0 aliphatic carbocycles. The van der Waals surface area contributed by atoms with Crippen LogP contribution in [0.5, 0.6) is 0 Å². The van der Waals surface area contributed by atoms with Crippen LogP contribution in [0.4, 0.5) is 10.1 Å². The van der Waals surface area contributed by atoms with E-state index in [0.717, 1.165) is 25.3 Å². The molecule has 1 aliphatic rings. The third kappa shape index (κ3) is 3.71. The Labute approximate surface area is 122 Å². The first-order valence-electron chi connectivity index (χ1n) is 7.07. The van der Waals surface area contributed by atoms with Crippen LogP contribution in [0.3, 0.4) is 0 Å². The Balaban J connectivity index is 2.18. The summed E-state index contributed by atoms with van der Waals surface area (Å²) < 4.78 is 13.3. The zero-order chi connectivity index (χ0) is 15.4. The zero-order valence-electron chi connectivity index (χ0n) is 11.7. The number of nitrogens with zero attached hydrogens (tertiary/aromatic N) is 1. The summed E-state index contributed by atoms with van der Waals surface area (Å²) in [5, 5.41) is 8.79. The number of carboxylic acid groups (broad SMARTS) is 1. The normalized spacial score (nSPS) is 18.5. The highest BCUT2D eigenvalue weighted by Crippen LogP contribution is 2.25. The molecule has 1 aromatic rings. The number of carboxylic acids is 1. The van der Waals surface area contributed by atoms with Crippen LogP contribution >= 0.6 is 0 Å². The van der Waals surface area contributed by atoms with E-state index in [1.165, 1.54) is 12.1 Å². The number of anilines is 1. The SMILES string of the molecule is Nc1ccc(F)cc1C(=O)N1CCCCC1CCC(=O)O. The molecule has 0 saturated carbocycles. The third-order valence-electron chi connectivity index (χ3n) is 3.83. The van der Waals surface area contributed by atoms with Crippen LogP contribution in [0.25, 0.3) is 0 Å². The van der Waals surface area contributed by atoms with E-state index in [1.807, 2.05) is 0 Å². The van der Waals surface area contributed by atoms with Crippen molar-refractivity contribution in [2.75, 3.05) is 12.3 Å². The molecule has 0 bridgehead atoms. The van der Waals surface area contributed by atoms with Crippen molar-refractivity contribution in [3.8, 4) is 0 Å². The summed E-state index contributed by atoms with van der Waals surface area (Å²) in [6, 6.07) is 3.61.